The molecular formula is C19H15NO4S. The van der Waals surface area contributed by atoms with Crippen molar-refractivity contribution in [1.29, 1.82) is 0 Å². The maximum absolute atomic E-state index is 12.4. The fourth-order valence-corrected chi connectivity index (χ4v) is 3.22. The Hall–Kier alpha value is -2.86. The van der Waals surface area contributed by atoms with Crippen LogP contribution in [0, 0.1) is 10.1 Å². The quantitative estimate of drug-likeness (QED) is 0.216. The van der Waals surface area contributed by atoms with Gasteiger partial charge in [0.05, 0.1) is 4.92 Å². The minimum atomic E-state index is -0.452. The topological polar surface area (TPSA) is 69.4 Å². The van der Waals surface area contributed by atoms with Gasteiger partial charge in [-0.3, -0.25) is 14.9 Å². The largest absolute Gasteiger partial charge is 0.425 e. The molecule has 0 aliphatic rings. The molecule has 0 heterocycles. The number of nitro groups is 1. The van der Waals surface area contributed by atoms with E-state index in [0.717, 1.165) is 15.7 Å². The minimum Gasteiger partial charge on any atom is -0.425 e. The summed E-state index contributed by atoms with van der Waals surface area (Å²) in [5.74, 6) is 0.166. The molecule has 3 rings (SSSR count). The highest BCUT2D eigenvalue weighted by Crippen LogP contribution is 2.29. The average molecular weight is 353 g/mol. The Bertz CT molecular complexity index is 919. The molecule has 0 aromatic heterocycles. The van der Waals surface area contributed by atoms with Crippen molar-refractivity contribution in [2.45, 2.75) is 17.1 Å². The fraction of sp³-hybridized carbons (Fsp3) is 0.105. The van der Waals surface area contributed by atoms with E-state index in [0.29, 0.717) is 5.75 Å². The van der Waals surface area contributed by atoms with E-state index >= 15 is 0 Å². The third kappa shape index (κ3) is 3.97. The number of nitro benzene ring substituents is 1. The maximum atomic E-state index is 12.4. The Kier molecular flexibility index (Phi) is 5.00. The highest BCUT2D eigenvalue weighted by atomic mass is 32.2. The van der Waals surface area contributed by atoms with Crippen molar-refractivity contribution < 1.29 is 14.5 Å². The normalized spacial score (nSPS) is 11.9. The van der Waals surface area contributed by atoms with Gasteiger partial charge in [-0.15, -0.1) is 11.8 Å². The molecule has 0 spiro atoms. The van der Waals surface area contributed by atoms with Crippen LogP contribution in [0.4, 0.5) is 5.69 Å². The van der Waals surface area contributed by atoms with Gasteiger partial charge in [-0.2, -0.15) is 0 Å². The van der Waals surface area contributed by atoms with Crippen LogP contribution in [-0.2, 0) is 4.79 Å². The summed E-state index contributed by atoms with van der Waals surface area (Å²) in [6.45, 7) is 1.75. The van der Waals surface area contributed by atoms with Crippen LogP contribution in [-0.4, -0.2) is 16.1 Å². The summed E-state index contributed by atoms with van der Waals surface area (Å²) in [7, 11) is 0. The molecular weight excluding hydrogens is 338 g/mol. The molecule has 0 radical (unpaired) electrons. The third-order valence-corrected chi connectivity index (χ3v) is 4.74. The van der Waals surface area contributed by atoms with Crippen LogP contribution >= 0.6 is 11.8 Å². The van der Waals surface area contributed by atoms with E-state index in [1.54, 1.807) is 25.1 Å². The number of fused-ring (bicyclic) bond motifs is 1. The molecule has 3 aromatic rings. The van der Waals surface area contributed by atoms with Gasteiger partial charge in [-0.1, -0.05) is 36.4 Å². The van der Waals surface area contributed by atoms with E-state index in [4.69, 9.17) is 4.74 Å². The number of carbonyl (C=O) groups is 1. The number of non-ortho nitro benzene ring substituents is 1. The number of nitrogens with zero attached hydrogens (tertiary/aromatic N) is 1. The van der Waals surface area contributed by atoms with E-state index in [1.807, 2.05) is 36.4 Å². The second-order valence-electron chi connectivity index (χ2n) is 5.41. The van der Waals surface area contributed by atoms with Gasteiger partial charge in [-0.25, -0.2) is 0 Å². The lowest BCUT2D eigenvalue weighted by atomic mass is 10.1. The van der Waals surface area contributed by atoms with E-state index in [2.05, 4.69) is 0 Å². The highest BCUT2D eigenvalue weighted by molar-refractivity contribution is 8.00. The highest BCUT2D eigenvalue weighted by Gasteiger charge is 2.18. The molecule has 5 nitrogen and oxygen atoms in total. The number of benzene rings is 3. The third-order valence-electron chi connectivity index (χ3n) is 3.65. The maximum Gasteiger partial charge on any atom is 0.324 e. The smallest absolute Gasteiger partial charge is 0.324 e. The molecule has 0 bridgehead atoms. The van der Waals surface area contributed by atoms with Crippen LogP contribution in [0.25, 0.3) is 10.8 Å². The summed E-state index contributed by atoms with van der Waals surface area (Å²) >= 11 is 1.30. The Morgan fingerprint density at radius 2 is 1.72 bits per heavy atom. The van der Waals surface area contributed by atoms with E-state index in [9.17, 15) is 14.9 Å². The molecule has 0 saturated carbocycles. The van der Waals surface area contributed by atoms with Crippen LogP contribution in [0.5, 0.6) is 5.75 Å². The van der Waals surface area contributed by atoms with Crippen molar-refractivity contribution in [1.82, 2.24) is 0 Å². The van der Waals surface area contributed by atoms with Crippen LogP contribution in [0.2, 0.25) is 0 Å². The summed E-state index contributed by atoms with van der Waals surface area (Å²) in [4.78, 5) is 23.4. The number of rotatable bonds is 5. The van der Waals surface area contributed by atoms with Gasteiger partial charge in [0.15, 0.2) is 0 Å². The van der Waals surface area contributed by atoms with Gasteiger partial charge in [0.1, 0.15) is 11.0 Å². The number of hydrogen-bond acceptors (Lipinski definition) is 5. The zero-order valence-corrected chi connectivity index (χ0v) is 14.2. The summed E-state index contributed by atoms with van der Waals surface area (Å²) in [5.41, 5.74) is 0.0235. The molecule has 0 N–H and O–H groups in total. The molecule has 25 heavy (non-hydrogen) atoms. The first kappa shape index (κ1) is 17.0. The first-order valence-electron chi connectivity index (χ1n) is 7.65. The fourth-order valence-electron chi connectivity index (χ4n) is 2.37. The Morgan fingerprint density at radius 1 is 1.04 bits per heavy atom. The number of esters is 1. The zero-order valence-electron chi connectivity index (χ0n) is 13.4. The molecule has 0 aliphatic heterocycles. The van der Waals surface area contributed by atoms with Crippen LogP contribution in [0.1, 0.15) is 6.92 Å². The number of ether oxygens (including phenoxy) is 1. The van der Waals surface area contributed by atoms with E-state index in [-0.39, 0.29) is 11.7 Å². The lowest BCUT2D eigenvalue weighted by Gasteiger charge is -2.12. The second-order valence-corrected chi connectivity index (χ2v) is 6.82. The second kappa shape index (κ2) is 7.36. The summed E-state index contributed by atoms with van der Waals surface area (Å²) in [6, 6.07) is 19.4. The lowest BCUT2D eigenvalue weighted by molar-refractivity contribution is -0.384. The van der Waals surface area contributed by atoms with E-state index < -0.39 is 10.2 Å². The van der Waals surface area contributed by atoms with Crippen molar-refractivity contribution in [3.63, 3.8) is 0 Å². The molecule has 1 unspecified atom stereocenters. The van der Waals surface area contributed by atoms with Crippen LogP contribution < -0.4 is 4.74 Å². The average Bonchev–Trinajstić information content (AvgIpc) is 2.62. The van der Waals surface area contributed by atoms with Gasteiger partial charge >= 0.3 is 5.97 Å². The SMILES string of the molecule is CC(Sc1ccc([N+](=O)[O-])cc1)C(=O)Oc1cccc2ccccc12. The van der Waals surface area contributed by atoms with Gasteiger partial charge in [-0.05, 0) is 30.5 Å². The van der Waals surface area contributed by atoms with Crippen LogP contribution in [0.15, 0.2) is 71.6 Å². The molecule has 126 valence electrons. The van der Waals surface area contributed by atoms with Gasteiger partial charge in [0, 0.05) is 22.4 Å². The summed E-state index contributed by atoms with van der Waals surface area (Å²) < 4.78 is 5.56. The molecule has 0 fully saturated rings. The van der Waals surface area contributed by atoms with Crippen molar-refractivity contribution in [3.05, 3.63) is 76.8 Å². The van der Waals surface area contributed by atoms with Gasteiger partial charge < -0.3 is 4.74 Å². The first-order chi connectivity index (χ1) is 12.0. The Balaban J connectivity index is 1.71. The number of hydrogen-bond donors (Lipinski definition) is 0. The standard InChI is InChI=1S/C19H15NO4S/c1-13(25-16-11-9-15(10-12-16)20(22)23)19(21)24-18-8-4-6-14-5-2-3-7-17(14)18/h2-13H,1H3. The molecule has 3 aromatic carbocycles. The summed E-state index contributed by atoms with van der Waals surface area (Å²) in [5, 5.41) is 12.1. The number of carbonyl (C=O) groups excluding carboxylic acids is 1. The predicted octanol–water partition coefficient (Wildman–Crippen LogP) is 4.83. The predicted molar refractivity (Wildman–Crippen MR) is 98.0 cm³/mol. The summed E-state index contributed by atoms with van der Waals surface area (Å²) in [6.07, 6.45) is 0. The molecule has 0 amide bonds. The minimum absolute atomic E-state index is 0.0235. The molecule has 1 atom stereocenters. The molecule has 0 saturated heterocycles. The van der Waals surface area contributed by atoms with Crippen molar-refractivity contribution in [3.8, 4) is 5.75 Å². The molecule has 0 aliphatic carbocycles. The number of thioether (sulfide) groups is 1. The van der Waals surface area contributed by atoms with Crippen LogP contribution in [0.3, 0.4) is 0 Å². The zero-order chi connectivity index (χ0) is 17.8. The Labute approximate surface area is 148 Å². The van der Waals surface area contributed by atoms with Gasteiger partial charge in [0.2, 0.25) is 0 Å². The first-order valence-corrected chi connectivity index (χ1v) is 8.53. The lowest BCUT2D eigenvalue weighted by Crippen LogP contribution is -2.19. The Morgan fingerprint density at radius 3 is 2.44 bits per heavy atom. The van der Waals surface area contributed by atoms with Crippen molar-refractivity contribution >= 4 is 34.2 Å². The van der Waals surface area contributed by atoms with E-state index in [1.165, 1.54) is 23.9 Å². The van der Waals surface area contributed by atoms with Gasteiger partial charge in [0.25, 0.3) is 5.69 Å². The van der Waals surface area contributed by atoms with Crippen molar-refractivity contribution in [2.75, 3.05) is 0 Å². The molecule has 6 heteroatoms. The van der Waals surface area contributed by atoms with Crippen molar-refractivity contribution in [2.24, 2.45) is 0 Å². The monoisotopic (exact) mass is 353 g/mol.